The first-order valence-corrected chi connectivity index (χ1v) is 11.0. The lowest BCUT2D eigenvalue weighted by Gasteiger charge is -2.33. The molecule has 0 saturated heterocycles. The van der Waals surface area contributed by atoms with Gasteiger partial charge in [0.2, 0.25) is 5.60 Å². The molecule has 1 aliphatic carbocycles. The number of nitrogen functional groups attached to an aromatic ring is 1. The maximum Gasteiger partial charge on any atom is 0.490 e. The van der Waals surface area contributed by atoms with Crippen LogP contribution in [0.3, 0.4) is 0 Å². The van der Waals surface area contributed by atoms with E-state index in [9.17, 15) is 41.4 Å². The summed E-state index contributed by atoms with van der Waals surface area (Å²) >= 11 is 0. The van der Waals surface area contributed by atoms with Gasteiger partial charge in [0.05, 0.1) is 17.6 Å². The average Bonchev–Trinajstić information content (AvgIpc) is 3.20. The SMILES string of the molecule is Cc1ccc(C(O)(COC(=O)C(F)(F)F)C(F)(F)F)cc1-c1cnc2c(N)nc(C3CC(CO)C3)cn12. The molecule has 4 N–H and O–H groups in total. The Hall–Kier alpha value is -3.39. The minimum absolute atomic E-state index is 0.0187. The highest BCUT2D eigenvalue weighted by molar-refractivity contribution is 5.76. The molecule has 4 rings (SSSR count). The van der Waals surface area contributed by atoms with Crippen LogP contribution in [-0.2, 0) is 15.1 Å². The summed E-state index contributed by atoms with van der Waals surface area (Å²) in [7, 11) is 0. The van der Waals surface area contributed by atoms with Gasteiger partial charge in [0, 0.05) is 24.3 Å². The molecule has 0 spiro atoms. The number of anilines is 1. The third-order valence-electron chi connectivity index (χ3n) is 6.55. The van der Waals surface area contributed by atoms with Gasteiger partial charge in [-0.05, 0) is 42.9 Å². The van der Waals surface area contributed by atoms with E-state index in [2.05, 4.69) is 14.7 Å². The number of halogens is 6. The zero-order valence-corrected chi connectivity index (χ0v) is 19.3. The van der Waals surface area contributed by atoms with Crippen molar-refractivity contribution in [2.45, 2.75) is 43.6 Å². The molecule has 1 aromatic carbocycles. The summed E-state index contributed by atoms with van der Waals surface area (Å²) in [6, 6.07) is 3.09. The van der Waals surface area contributed by atoms with E-state index in [1.54, 1.807) is 13.1 Å². The molecule has 2 heterocycles. The number of ether oxygens (including phenoxy) is 1. The summed E-state index contributed by atoms with van der Waals surface area (Å²) < 4.78 is 84.4. The molecule has 1 aliphatic rings. The predicted molar refractivity (Wildman–Crippen MR) is 117 cm³/mol. The largest absolute Gasteiger partial charge is 0.490 e. The van der Waals surface area contributed by atoms with Crippen molar-refractivity contribution in [3.63, 3.8) is 0 Å². The summed E-state index contributed by atoms with van der Waals surface area (Å²) in [5, 5.41) is 19.7. The molecular formula is C23H22F6N4O4. The maximum atomic E-state index is 13.9. The second kappa shape index (κ2) is 9.17. The molecule has 1 fully saturated rings. The normalized spacial score (nSPS) is 19.9. The highest BCUT2D eigenvalue weighted by atomic mass is 19.4. The average molecular weight is 532 g/mol. The lowest BCUT2D eigenvalue weighted by atomic mass is 9.74. The predicted octanol–water partition coefficient (Wildman–Crippen LogP) is 3.63. The van der Waals surface area contributed by atoms with Crippen LogP contribution < -0.4 is 5.73 Å². The second-order valence-corrected chi connectivity index (χ2v) is 9.07. The Balaban J connectivity index is 1.77. The van der Waals surface area contributed by atoms with Crippen molar-refractivity contribution in [2.75, 3.05) is 18.9 Å². The van der Waals surface area contributed by atoms with Gasteiger partial charge < -0.3 is 20.7 Å². The zero-order chi connectivity index (χ0) is 27.3. The van der Waals surface area contributed by atoms with Crippen LogP contribution in [0.2, 0.25) is 0 Å². The van der Waals surface area contributed by atoms with Gasteiger partial charge in [-0.1, -0.05) is 12.1 Å². The molecule has 8 nitrogen and oxygen atoms in total. The van der Waals surface area contributed by atoms with Crippen molar-refractivity contribution >= 4 is 17.4 Å². The van der Waals surface area contributed by atoms with Crippen molar-refractivity contribution in [3.05, 3.63) is 47.4 Å². The Labute approximate surface area is 205 Å². The van der Waals surface area contributed by atoms with Gasteiger partial charge in [-0.15, -0.1) is 0 Å². The van der Waals surface area contributed by atoms with E-state index < -0.39 is 36.1 Å². The van der Waals surface area contributed by atoms with Crippen molar-refractivity contribution < 1.29 is 46.1 Å². The third kappa shape index (κ3) is 4.82. The molecular weight excluding hydrogens is 510 g/mol. The number of aryl methyl sites for hydroxylation is 1. The number of esters is 1. The number of nitrogens with two attached hydrogens (primary N) is 1. The number of imidazole rings is 1. The fraction of sp³-hybridized carbons (Fsp3) is 0.435. The molecule has 200 valence electrons. The molecule has 14 heteroatoms. The van der Waals surface area contributed by atoms with Crippen LogP contribution in [0.1, 0.15) is 35.6 Å². The number of fused-ring (bicyclic) bond motifs is 1. The van der Waals surface area contributed by atoms with Crippen molar-refractivity contribution in [3.8, 4) is 11.3 Å². The summed E-state index contributed by atoms with van der Waals surface area (Å²) in [5.41, 5.74) is 3.06. The van der Waals surface area contributed by atoms with E-state index in [1.807, 2.05) is 0 Å². The van der Waals surface area contributed by atoms with Gasteiger partial charge in [0.15, 0.2) is 11.5 Å². The number of aliphatic hydroxyl groups is 2. The minimum Gasteiger partial charge on any atom is -0.455 e. The highest BCUT2D eigenvalue weighted by Gasteiger charge is 2.57. The van der Waals surface area contributed by atoms with E-state index in [0.717, 1.165) is 12.1 Å². The number of nitrogens with zero attached hydrogens (tertiary/aromatic N) is 3. The van der Waals surface area contributed by atoms with Crippen LogP contribution in [0.15, 0.2) is 30.6 Å². The first kappa shape index (κ1) is 26.7. The van der Waals surface area contributed by atoms with Gasteiger partial charge in [-0.3, -0.25) is 4.40 Å². The van der Waals surface area contributed by atoms with Crippen LogP contribution in [0.25, 0.3) is 16.9 Å². The topological polar surface area (TPSA) is 123 Å². The van der Waals surface area contributed by atoms with Gasteiger partial charge >= 0.3 is 18.3 Å². The summed E-state index contributed by atoms with van der Waals surface area (Å²) in [6.07, 6.45) is -6.68. The quantitative estimate of drug-likeness (QED) is 0.327. The maximum absolute atomic E-state index is 13.9. The summed E-state index contributed by atoms with van der Waals surface area (Å²) in [4.78, 5) is 19.6. The number of aromatic nitrogens is 3. The van der Waals surface area contributed by atoms with Crippen LogP contribution in [0.5, 0.6) is 0 Å². The Morgan fingerprint density at radius 3 is 2.49 bits per heavy atom. The van der Waals surface area contributed by atoms with Crippen LogP contribution in [0, 0.1) is 12.8 Å². The van der Waals surface area contributed by atoms with Crippen molar-refractivity contribution in [1.29, 1.82) is 0 Å². The van der Waals surface area contributed by atoms with Crippen LogP contribution >= 0.6 is 0 Å². The van der Waals surface area contributed by atoms with E-state index in [-0.39, 0.29) is 35.5 Å². The number of rotatable bonds is 6. The fourth-order valence-electron chi connectivity index (χ4n) is 4.29. The first-order valence-electron chi connectivity index (χ1n) is 11.0. The highest BCUT2D eigenvalue weighted by Crippen LogP contribution is 2.43. The van der Waals surface area contributed by atoms with E-state index in [1.165, 1.54) is 16.7 Å². The number of aliphatic hydroxyl groups excluding tert-OH is 1. The van der Waals surface area contributed by atoms with Gasteiger partial charge in [0.1, 0.15) is 6.61 Å². The molecule has 37 heavy (non-hydrogen) atoms. The molecule has 0 aliphatic heterocycles. The molecule has 1 unspecified atom stereocenters. The van der Waals surface area contributed by atoms with Gasteiger partial charge in [0.25, 0.3) is 0 Å². The molecule has 1 atom stereocenters. The monoisotopic (exact) mass is 532 g/mol. The van der Waals surface area contributed by atoms with E-state index in [0.29, 0.717) is 29.8 Å². The van der Waals surface area contributed by atoms with Gasteiger partial charge in [-0.25, -0.2) is 14.8 Å². The molecule has 0 bridgehead atoms. The number of carbonyl (C=O) groups is 1. The van der Waals surface area contributed by atoms with Crippen LogP contribution in [0.4, 0.5) is 32.2 Å². The molecule has 2 aromatic heterocycles. The lowest BCUT2D eigenvalue weighted by Crippen LogP contribution is -2.47. The van der Waals surface area contributed by atoms with E-state index >= 15 is 0 Å². The minimum atomic E-state index is -5.54. The molecule has 0 amide bonds. The second-order valence-electron chi connectivity index (χ2n) is 9.07. The Kier molecular flexibility index (Phi) is 6.61. The molecule has 3 aromatic rings. The number of alkyl halides is 6. The Morgan fingerprint density at radius 2 is 1.89 bits per heavy atom. The zero-order valence-electron chi connectivity index (χ0n) is 19.3. The lowest BCUT2D eigenvalue weighted by molar-refractivity contribution is -0.283. The van der Waals surface area contributed by atoms with E-state index in [4.69, 9.17) is 5.73 Å². The first-order chi connectivity index (χ1) is 17.2. The number of hydrogen-bond acceptors (Lipinski definition) is 7. The number of benzene rings is 1. The standard InChI is InChI=1S/C23H22F6N4O4/c1-11-2-3-14(21(36,23(27,28)29)10-37-20(35)22(24,25)26)6-15(11)17-7-31-19-18(30)32-16(8-33(17)19)13-4-12(5-13)9-34/h2-3,6-8,12-13,34,36H,4-5,9-10H2,1H3,(H2,30,32). The smallest absolute Gasteiger partial charge is 0.455 e. The van der Waals surface area contributed by atoms with Crippen LogP contribution in [-0.4, -0.2) is 56.1 Å². The Bertz CT molecular complexity index is 1330. The third-order valence-corrected chi connectivity index (χ3v) is 6.55. The van der Waals surface area contributed by atoms with Gasteiger partial charge in [-0.2, -0.15) is 26.3 Å². The summed E-state index contributed by atoms with van der Waals surface area (Å²) in [5.74, 6) is -2.63. The van der Waals surface area contributed by atoms with Crippen molar-refractivity contribution in [1.82, 2.24) is 14.4 Å². The molecule has 1 saturated carbocycles. The number of hydrogen-bond donors (Lipinski definition) is 3. The fourth-order valence-corrected chi connectivity index (χ4v) is 4.29. The summed E-state index contributed by atoms with van der Waals surface area (Å²) in [6.45, 7) is -0.381. The van der Waals surface area contributed by atoms with Crippen molar-refractivity contribution in [2.24, 2.45) is 5.92 Å². The number of carbonyl (C=O) groups excluding carboxylic acids is 1. The molecule has 0 radical (unpaired) electrons. The Morgan fingerprint density at radius 1 is 1.22 bits per heavy atom.